The van der Waals surface area contributed by atoms with Gasteiger partial charge in [0.15, 0.2) is 0 Å². The molecule has 1 aromatic rings. The normalized spacial score (nSPS) is 33.8. The first-order chi connectivity index (χ1) is 8.43. The van der Waals surface area contributed by atoms with Crippen LogP contribution in [0, 0.1) is 5.92 Å². The van der Waals surface area contributed by atoms with Gasteiger partial charge in [0.1, 0.15) is 0 Å². The number of hydrogen-bond acceptors (Lipinski definition) is 2. The summed E-state index contributed by atoms with van der Waals surface area (Å²) >= 11 is 0. The summed E-state index contributed by atoms with van der Waals surface area (Å²) in [5.41, 5.74) is 3.64. The molecule has 17 heavy (non-hydrogen) atoms. The van der Waals surface area contributed by atoms with Crippen LogP contribution < -0.4 is 10.7 Å². The lowest BCUT2D eigenvalue weighted by atomic mass is 9.88. The van der Waals surface area contributed by atoms with Gasteiger partial charge >= 0.3 is 0 Å². The van der Waals surface area contributed by atoms with Crippen molar-refractivity contribution in [2.45, 2.75) is 50.6 Å². The Labute approximate surface area is 104 Å². The van der Waals surface area contributed by atoms with Crippen LogP contribution in [0.5, 0.6) is 0 Å². The SMILES string of the molecule is c1ccn(NC2CCCC2C2CCCCN2)c1. The molecule has 0 aromatic carbocycles. The maximum Gasteiger partial charge on any atom is 0.0467 e. The molecule has 3 heteroatoms. The first-order valence-electron chi connectivity index (χ1n) is 7.06. The molecular weight excluding hydrogens is 210 g/mol. The minimum absolute atomic E-state index is 0.651. The van der Waals surface area contributed by atoms with Gasteiger partial charge in [0.2, 0.25) is 0 Å². The van der Waals surface area contributed by atoms with Gasteiger partial charge < -0.3 is 10.7 Å². The van der Waals surface area contributed by atoms with Crippen LogP contribution >= 0.6 is 0 Å². The average molecular weight is 233 g/mol. The molecule has 3 unspecified atom stereocenters. The lowest BCUT2D eigenvalue weighted by Crippen LogP contribution is -2.45. The van der Waals surface area contributed by atoms with Crippen LogP contribution in [0.1, 0.15) is 38.5 Å². The van der Waals surface area contributed by atoms with Gasteiger partial charge in [-0.2, -0.15) is 0 Å². The predicted octanol–water partition coefficient (Wildman–Crippen LogP) is 2.34. The summed E-state index contributed by atoms with van der Waals surface area (Å²) < 4.78 is 2.12. The molecule has 1 saturated heterocycles. The minimum Gasteiger partial charge on any atom is -0.323 e. The Kier molecular flexibility index (Phi) is 3.36. The smallest absolute Gasteiger partial charge is 0.0467 e. The van der Waals surface area contributed by atoms with E-state index in [1.54, 1.807) is 0 Å². The molecule has 0 spiro atoms. The maximum absolute atomic E-state index is 3.72. The van der Waals surface area contributed by atoms with Gasteiger partial charge in [0.25, 0.3) is 0 Å². The Hall–Kier alpha value is -0.960. The fraction of sp³-hybridized carbons (Fsp3) is 0.714. The Bertz CT molecular complexity index is 327. The first-order valence-corrected chi connectivity index (χ1v) is 7.06. The summed E-state index contributed by atoms with van der Waals surface area (Å²) in [7, 11) is 0. The van der Waals surface area contributed by atoms with E-state index in [4.69, 9.17) is 0 Å². The molecule has 1 saturated carbocycles. The molecule has 3 rings (SSSR count). The Balaban J connectivity index is 1.62. The number of rotatable bonds is 3. The van der Waals surface area contributed by atoms with Gasteiger partial charge in [0, 0.05) is 24.5 Å². The molecule has 1 aliphatic heterocycles. The summed E-state index contributed by atoms with van der Waals surface area (Å²) in [4.78, 5) is 0. The van der Waals surface area contributed by atoms with Crippen molar-refractivity contribution in [3.63, 3.8) is 0 Å². The van der Waals surface area contributed by atoms with Crippen molar-refractivity contribution in [1.82, 2.24) is 9.99 Å². The zero-order chi connectivity index (χ0) is 11.5. The van der Waals surface area contributed by atoms with E-state index < -0.39 is 0 Å². The topological polar surface area (TPSA) is 29.0 Å². The van der Waals surface area contributed by atoms with Crippen LogP contribution in [0.3, 0.4) is 0 Å². The molecule has 2 fully saturated rings. The van der Waals surface area contributed by atoms with Crippen molar-refractivity contribution in [1.29, 1.82) is 0 Å². The summed E-state index contributed by atoms with van der Waals surface area (Å²) in [6, 6.07) is 5.56. The Morgan fingerprint density at radius 3 is 2.65 bits per heavy atom. The van der Waals surface area contributed by atoms with Crippen molar-refractivity contribution in [3.8, 4) is 0 Å². The van der Waals surface area contributed by atoms with Crippen LogP contribution in [0.25, 0.3) is 0 Å². The van der Waals surface area contributed by atoms with Crippen molar-refractivity contribution in [2.24, 2.45) is 5.92 Å². The number of aromatic nitrogens is 1. The van der Waals surface area contributed by atoms with Crippen LogP contribution in [-0.4, -0.2) is 23.3 Å². The van der Waals surface area contributed by atoms with Crippen LogP contribution in [0.15, 0.2) is 24.5 Å². The van der Waals surface area contributed by atoms with Gasteiger partial charge in [-0.3, -0.25) is 4.68 Å². The number of nitrogens with zero attached hydrogens (tertiary/aromatic N) is 1. The Morgan fingerprint density at radius 1 is 1.00 bits per heavy atom. The molecule has 2 aliphatic rings. The van der Waals surface area contributed by atoms with Crippen LogP contribution in [-0.2, 0) is 0 Å². The van der Waals surface area contributed by atoms with E-state index in [2.05, 4.69) is 39.9 Å². The van der Waals surface area contributed by atoms with E-state index >= 15 is 0 Å². The molecule has 0 bridgehead atoms. The van der Waals surface area contributed by atoms with E-state index in [0.29, 0.717) is 6.04 Å². The standard InChI is InChI=1S/C14H23N3/c1-2-9-15-13(7-1)12-6-5-8-14(12)16-17-10-3-4-11-17/h3-4,10-16H,1-2,5-9H2. The van der Waals surface area contributed by atoms with Gasteiger partial charge in [-0.25, -0.2) is 0 Å². The molecule has 2 heterocycles. The monoisotopic (exact) mass is 233 g/mol. The fourth-order valence-corrected chi connectivity index (χ4v) is 3.49. The predicted molar refractivity (Wildman–Crippen MR) is 70.6 cm³/mol. The second-order valence-electron chi connectivity index (χ2n) is 5.48. The lowest BCUT2D eigenvalue weighted by molar-refractivity contribution is 0.280. The highest BCUT2D eigenvalue weighted by atomic mass is 15.4. The Morgan fingerprint density at radius 2 is 1.88 bits per heavy atom. The highest BCUT2D eigenvalue weighted by Gasteiger charge is 2.34. The summed E-state index contributed by atoms with van der Waals surface area (Å²) in [6.45, 7) is 1.22. The van der Waals surface area contributed by atoms with Crippen molar-refractivity contribution in [3.05, 3.63) is 24.5 Å². The van der Waals surface area contributed by atoms with E-state index in [1.807, 2.05) is 0 Å². The van der Waals surface area contributed by atoms with Gasteiger partial charge in [0.05, 0.1) is 0 Å². The zero-order valence-electron chi connectivity index (χ0n) is 10.4. The number of piperidine rings is 1. The zero-order valence-corrected chi connectivity index (χ0v) is 10.4. The third kappa shape index (κ3) is 2.49. The second-order valence-corrected chi connectivity index (χ2v) is 5.48. The molecule has 0 radical (unpaired) electrons. The van der Waals surface area contributed by atoms with Gasteiger partial charge in [-0.15, -0.1) is 0 Å². The number of nitrogens with one attached hydrogen (secondary N) is 2. The van der Waals surface area contributed by atoms with Crippen LogP contribution in [0.2, 0.25) is 0 Å². The molecule has 2 N–H and O–H groups in total. The van der Waals surface area contributed by atoms with Crippen LogP contribution in [0.4, 0.5) is 0 Å². The first kappa shape index (κ1) is 11.1. The quantitative estimate of drug-likeness (QED) is 0.839. The van der Waals surface area contributed by atoms with E-state index in [0.717, 1.165) is 12.0 Å². The van der Waals surface area contributed by atoms with Crippen molar-refractivity contribution in [2.75, 3.05) is 12.0 Å². The number of hydrogen-bond donors (Lipinski definition) is 2. The maximum atomic E-state index is 3.72. The molecule has 94 valence electrons. The largest absolute Gasteiger partial charge is 0.323 e. The second kappa shape index (κ2) is 5.13. The third-order valence-electron chi connectivity index (χ3n) is 4.35. The van der Waals surface area contributed by atoms with Gasteiger partial charge in [-0.05, 0) is 50.3 Å². The summed E-state index contributed by atoms with van der Waals surface area (Å²) in [5.74, 6) is 0.817. The van der Waals surface area contributed by atoms with Crippen molar-refractivity contribution >= 4 is 0 Å². The molecule has 1 aliphatic carbocycles. The average Bonchev–Trinajstić information content (AvgIpc) is 3.02. The molecule has 3 nitrogen and oxygen atoms in total. The summed E-state index contributed by atoms with van der Waals surface area (Å²) in [5, 5.41) is 3.72. The third-order valence-corrected chi connectivity index (χ3v) is 4.35. The molecular formula is C14H23N3. The van der Waals surface area contributed by atoms with Crippen molar-refractivity contribution < 1.29 is 0 Å². The minimum atomic E-state index is 0.651. The van der Waals surface area contributed by atoms with E-state index in [-0.39, 0.29) is 0 Å². The highest BCUT2D eigenvalue weighted by molar-refractivity contribution is 5.01. The van der Waals surface area contributed by atoms with E-state index in [9.17, 15) is 0 Å². The molecule has 1 aromatic heterocycles. The lowest BCUT2D eigenvalue weighted by Gasteiger charge is -2.33. The fourth-order valence-electron chi connectivity index (χ4n) is 3.49. The van der Waals surface area contributed by atoms with Gasteiger partial charge in [-0.1, -0.05) is 12.8 Å². The molecule has 3 atom stereocenters. The summed E-state index contributed by atoms with van der Waals surface area (Å²) in [6.07, 6.45) is 12.4. The van der Waals surface area contributed by atoms with E-state index in [1.165, 1.54) is 45.1 Å². The molecule has 0 amide bonds. The highest BCUT2D eigenvalue weighted by Crippen LogP contribution is 2.32.